The van der Waals surface area contributed by atoms with Gasteiger partial charge in [0, 0.05) is 23.6 Å². The number of urea groups is 1. The van der Waals surface area contributed by atoms with Gasteiger partial charge < -0.3 is 15.5 Å². The van der Waals surface area contributed by atoms with Gasteiger partial charge in [-0.05, 0) is 38.0 Å². The number of carbonyl (C=O) groups excluding carboxylic acids is 1. The molecule has 2 rings (SSSR count). The topological polar surface area (TPSA) is 87.5 Å². The molecule has 0 aliphatic heterocycles. The summed E-state index contributed by atoms with van der Waals surface area (Å²) in [7, 11) is 3.91. The van der Waals surface area contributed by atoms with E-state index in [2.05, 4.69) is 10.6 Å². The maximum Gasteiger partial charge on any atom is 0.319 e. The lowest BCUT2D eigenvalue weighted by molar-refractivity contribution is -0.384. The molecule has 2 aromatic rings. The fourth-order valence-electron chi connectivity index (χ4n) is 2.23. The normalized spacial score (nSPS) is 12.0. The van der Waals surface area contributed by atoms with Crippen LogP contribution in [0, 0.1) is 17.0 Å². The number of nitro groups is 1. The van der Waals surface area contributed by atoms with Gasteiger partial charge in [0.2, 0.25) is 0 Å². The average molecular weight is 348 g/mol. The summed E-state index contributed by atoms with van der Waals surface area (Å²) in [5.74, 6) is 0. The Labute approximate surface area is 144 Å². The second-order valence-corrected chi connectivity index (χ2v) is 6.57. The third-order valence-electron chi connectivity index (χ3n) is 3.63. The molecule has 0 bridgehead atoms. The third-order valence-corrected chi connectivity index (χ3v) is 4.60. The molecule has 0 fully saturated rings. The van der Waals surface area contributed by atoms with Crippen molar-refractivity contribution in [1.29, 1.82) is 0 Å². The van der Waals surface area contributed by atoms with Gasteiger partial charge >= 0.3 is 6.03 Å². The van der Waals surface area contributed by atoms with Crippen LogP contribution in [0.5, 0.6) is 0 Å². The van der Waals surface area contributed by atoms with Crippen LogP contribution in [-0.2, 0) is 0 Å². The van der Waals surface area contributed by atoms with Crippen molar-refractivity contribution in [3.8, 4) is 0 Å². The van der Waals surface area contributed by atoms with Crippen molar-refractivity contribution in [1.82, 2.24) is 10.2 Å². The fraction of sp³-hybridized carbons (Fsp3) is 0.312. The van der Waals surface area contributed by atoms with E-state index in [-0.39, 0.29) is 17.8 Å². The van der Waals surface area contributed by atoms with Gasteiger partial charge in [0.25, 0.3) is 5.69 Å². The molecule has 0 saturated carbocycles. The largest absolute Gasteiger partial charge is 0.336 e. The minimum atomic E-state index is -0.485. The zero-order valence-corrected chi connectivity index (χ0v) is 14.6. The van der Waals surface area contributed by atoms with Crippen LogP contribution in [-0.4, -0.2) is 36.5 Å². The molecular weight excluding hydrogens is 328 g/mol. The van der Waals surface area contributed by atoms with Gasteiger partial charge in [-0.2, -0.15) is 0 Å². The minimum absolute atomic E-state index is 0.0550. The SMILES string of the molecule is Cc1ccc([N+](=O)[O-])cc1NC(=O)NCC(c1cccs1)N(C)C. The molecule has 0 aliphatic carbocycles. The molecule has 2 N–H and O–H groups in total. The van der Waals surface area contributed by atoms with Crippen molar-refractivity contribution in [2.45, 2.75) is 13.0 Å². The Kier molecular flexibility index (Phi) is 5.88. The van der Waals surface area contributed by atoms with Gasteiger partial charge in [-0.25, -0.2) is 4.79 Å². The van der Waals surface area contributed by atoms with E-state index in [0.29, 0.717) is 12.2 Å². The lowest BCUT2D eigenvalue weighted by atomic mass is 10.2. The van der Waals surface area contributed by atoms with E-state index in [9.17, 15) is 14.9 Å². The number of nitrogens with zero attached hydrogens (tertiary/aromatic N) is 2. The van der Waals surface area contributed by atoms with Crippen molar-refractivity contribution >= 4 is 28.7 Å². The summed E-state index contributed by atoms with van der Waals surface area (Å²) in [4.78, 5) is 25.7. The molecule has 0 aliphatic rings. The Bertz CT molecular complexity index is 716. The standard InChI is InChI=1S/C16H20N4O3S/c1-11-6-7-12(20(22)23)9-13(11)18-16(21)17-10-14(19(2)3)15-5-4-8-24-15/h4-9,14H,10H2,1-3H3,(H2,17,18,21). The van der Waals surface area contributed by atoms with Crippen LogP contribution in [0.4, 0.5) is 16.2 Å². The zero-order valence-electron chi connectivity index (χ0n) is 13.8. The first-order valence-corrected chi connectivity index (χ1v) is 8.26. The predicted octanol–water partition coefficient (Wildman–Crippen LogP) is 3.39. The molecule has 1 aromatic carbocycles. The number of hydrogen-bond acceptors (Lipinski definition) is 5. The molecule has 7 nitrogen and oxygen atoms in total. The number of amides is 2. The molecule has 0 spiro atoms. The molecule has 0 radical (unpaired) electrons. The first kappa shape index (κ1) is 17.9. The van der Waals surface area contributed by atoms with Crippen LogP contribution in [0.1, 0.15) is 16.5 Å². The summed E-state index contributed by atoms with van der Waals surface area (Å²) >= 11 is 1.63. The summed E-state index contributed by atoms with van der Waals surface area (Å²) in [6, 6.07) is 8.07. The number of hydrogen-bond donors (Lipinski definition) is 2. The van der Waals surface area contributed by atoms with Crippen molar-refractivity contribution in [2.75, 3.05) is 26.0 Å². The highest BCUT2D eigenvalue weighted by molar-refractivity contribution is 7.10. The molecule has 8 heteroatoms. The van der Waals surface area contributed by atoms with Crippen molar-refractivity contribution in [3.05, 3.63) is 56.3 Å². The van der Waals surface area contributed by atoms with E-state index in [1.165, 1.54) is 12.1 Å². The minimum Gasteiger partial charge on any atom is -0.336 e. The Balaban J connectivity index is 2.00. The monoisotopic (exact) mass is 348 g/mol. The van der Waals surface area contributed by atoms with Gasteiger partial charge in [0.05, 0.1) is 16.7 Å². The van der Waals surface area contributed by atoms with E-state index in [1.807, 2.05) is 36.5 Å². The van der Waals surface area contributed by atoms with Gasteiger partial charge in [0.1, 0.15) is 0 Å². The van der Waals surface area contributed by atoms with Gasteiger partial charge in [-0.15, -0.1) is 11.3 Å². The van der Waals surface area contributed by atoms with Crippen LogP contribution >= 0.6 is 11.3 Å². The molecule has 1 unspecified atom stereocenters. The fourth-order valence-corrected chi connectivity index (χ4v) is 3.16. The number of nitro benzene ring substituents is 1. The molecule has 128 valence electrons. The number of aryl methyl sites for hydroxylation is 1. The second kappa shape index (κ2) is 7.89. The van der Waals surface area contributed by atoms with Crippen molar-refractivity contribution in [3.63, 3.8) is 0 Å². The van der Waals surface area contributed by atoms with Gasteiger partial charge in [-0.3, -0.25) is 10.1 Å². The lowest BCUT2D eigenvalue weighted by Gasteiger charge is -2.23. The van der Waals surface area contributed by atoms with Gasteiger partial charge in [-0.1, -0.05) is 12.1 Å². The molecule has 1 heterocycles. The number of carbonyl (C=O) groups is 1. The van der Waals surface area contributed by atoms with Crippen LogP contribution in [0.15, 0.2) is 35.7 Å². The van der Waals surface area contributed by atoms with Crippen LogP contribution < -0.4 is 10.6 Å². The number of benzene rings is 1. The maximum absolute atomic E-state index is 12.1. The van der Waals surface area contributed by atoms with Crippen molar-refractivity contribution < 1.29 is 9.72 Å². The van der Waals surface area contributed by atoms with Crippen LogP contribution in [0.3, 0.4) is 0 Å². The Morgan fingerprint density at radius 3 is 2.71 bits per heavy atom. The highest BCUT2D eigenvalue weighted by Gasteiger charge is 2.17. The number of rotatable bonds is 6. The lowest BCUT2D eigenvalue weighted by Crippen LogP contribution is -2.36. The van der Waals surface area contributed by atoms with E-state index in [4.69, 9.17) is 0 Å². The highest BCUT2D eigenvalue weighted by atomic mass is 32.1. The molecular formula is C16H20N4O3S. The molecule has 24 heavy (non-hydrogen) atoms. The molecule has 1 atom stereocenters. The number of likely N-dealkylation sites (N-methyl/N-ethyl adjacent to an activating group) is 1. The molecule has 0 saturated heterocycles. The van der Waals surface area contributed by atoms with Crippen LogP contribution in [0.2, 0.25) is 0 Å². The number of non-ortho nitro benzene ring substituents is 1. The maximum atomic E-state index is 12.1. The van der Waals surface area contributed by atoms with E-state index >= 15 is 0 Å². The van der Waals surface area contributed by atoms with Crippen molar-refractivity contribution in [2.24, 2.45) is 0 Å². The Hall–Kier alpha value is -2.45. The quantitative estimate of drug-likeness (QED) is 0.619. The third kappa shape index (κ3) is 4.53. The first-order chi connectivity index (χ1) is 11.4. The van der Waals surface area contributed by atoms with E-state index in [1.54, 1.807) is 24.3 Å². The number of anilines is 1. The smallest absolute Gasteiger partial charge is 0.319 e. The summed E-state index contributed by atoms with van der Waals surface area (Å²) in [5, 5.41) is 18.3. The first-order valence-electron chi connectivity index (χ1n) is 7.38. The Morgan fingerprint density at radius 1 is 1.38 bits per heavy atom. The average Bonchev–Trinajstić information content (AvgIpc) is 3.03. The summed E-state index contributed by atoms with van der Waals surface area (Å²) in [6.45, 7) is 2.22. The number of nitrogens with one attached hydrogen (secondary N) is 2. The Morgan fingerprint density at radius 2 is 2.12 bits per heavy atom. The summed E-state index contributed by atoms with van der Waals surface area (Å²) < 4.78 is 0. The predicted molar refractivity (Wildman–Crippen MR) is 95.6 cm³/mol. The van der Waals surface area contributed by atoms with Gasteiger partial charge in [0.15, 0.2) is 0 Å². The summed E-state index contributed by atoms with van der Waals surface area (Å²) in [5.41, 5.74) is 1.14. The van der Waals surface area contributed by atoms with E-state index < -0.39 is 4.92 Å². The second-order valence-electron chi connectivity index (χ2n) is 5.59. The summed E-state index contributed by atoms with van der Waals surface area (Å²) in [6.07, 6.45) is 0. The molecule has 2 amide bonds. The number of thiophene rings is 1. The highest BCUT2D eigenvalue weighted by Crippen LogP contribution is 2.23. The zero-order chi connectivity index (χ0) is 17.7. The van der Waals surface area contributed by atoms with E-state index in [0.717, 1.165) is 10.4 Å². The molecule has 1 aromatic heterocycles. The van der Waals surface area contributed by atoms with Crippen LogP contribution in [0.25, 0.3) is 0 Å².